The summed E-state index contributed by atoms with van der Waals surface area (Å²) in [5.74, 6) is 0. The normalized spacial score (nSPS) is 29.2. The first kappa shape index (κ1) is 12.5. The fourth-order valence-electron chi connectivity index (χ4n) is 2.46. The number of hydrogen-bond acceptors (Lipinski definition) is 3. The Balaban J connectivity index is 2.04. The van der Waals surface area contributed by atoms with E-state index in [9.17, 15) is 0 Å². The second-order valence-corrected chi connectivity index (χ2v) is 4.96. The Morgan fingerprint density at radius 2 is 2.47 bits per heavy atom. The second-order valence-electron chi connectivity index (χ2n) is 4.96. The van der Waals surface area contributed by atoms with Crippen LogP contribution in [0.5, 0.6) is 0 Å². The number of hydrogen-bond donors (Lipinski definition) is 1. The van der Waals surface area contributed by atoms with Crippen molar-refractivity contribution in [3.63, 3.8) is 0 Å². The largest absolute Gasteiger partial charge is 0.370 e. The first-order valence-electron chi connectivity index (χ1n) is 6.52. The second kappa shape index (κ2) is 5.61. The fraction of sp³-hybridized carbons (Fsp3) is 0.643. The molecule has 1 fully saturated rings. The minimum atomic E-state index is -0.183. The lowest BCUT2D eigenvalue weighted by molar-refractivity contribution is -0.0814. The van der Waals surface area contributed by atoms with Crippen LogP contribution < -0.4 is 5.32 Å². The zero-order valence-corrected chi connectivity index (χ0v) is 10.8. The highest BCUT2D eigenvalue weighted by molar-refractivity contribution is 5.18. The van der Waals surface area contributed by atoms with Crippen LogP contribution in [0.4, 0.5) is 0 Å². The molecule has 2 atom stereocenters. The molecule has 0 aromatic carbocycles. The van der Waals surface area contributed by atoms with Crippen molar-refractivity contribution in [3.8, 4) is 0 Å². The van der Waals surface area contributed by atoms with E-state index < -0.39 is 0 Å². The molecule has 0 radical (unpaired) electrons. The topological polar surface area (TPSA) is 34.1 Å². The molecule has 0 saturated carbocycles. The predicted molar refractivity (Wildman–Crippen MR) is 68.9 cm³/mol. The SMILES string of the molecule is CCCNC1CCOC(C)(c2cccnc2)C1. The van der Waals surface area contributed by atoms with Crippen molar-refractivity contribution < 1.29 is 4.74 Å². The van der Waals surface area contributed by atoms with Crippen LogP contribution >= 0.6 is 0 Å². The van der Waals surface area contributed by atoms with Crippen molar-refractivity contribution in [3.05, 3.63) is 30.1 Å². The van der Waals surface area contributed by atoms with E-state index >= 15 is 0 Å². The molecule has 0 aliphatic carbocycles. The van der Waals surface area contributed by atoms with Crippen molar-refractivity contribution in [2.75, 3.05) is 13.2 Å². The molecule has 17 heavy (non-hydrogen) atoms. The molecule has 1 saturated heterocycles. The number of pyridine rings is 1. The van der Waals surface area contributed by atoms with E-state index in [0.29, 0.717) is 6.04 Å². The predicted octanol–water partition coefficient (Wildman–Crippen LogP) is 2.48. The molecule has 0 bridgehead atoms. The highest BCUT2D eigenvalue weighted by Crippen LogP contribution is 2.34. The minimum Gasteiger partial charge on any atom is -0.370 e. The van der Waals surface area contributed by atoms with Gasteiger partial charge in [0.15, 0.2) is 0 Å². The summed E-state index contributed by atoms with van der Waals surface area (Å²) in [6.45, 7) is 6.29. The van der Waals surface area contributed by atoms with Gasteiger partial charge < -0.3 is 10.1 Å². The Bertz CT molecular complexity index is 341. The van der Waals surface area contributed by atoms with Crippen LogP contribution in [0.15, 0.2) is 24.5 Å². The third-order valence-electron chi connectivity index (χ3n) is 3.48. The molecule has 2 unspecified atom stereocenters. The van der Waals surface area contributed by atoms with Crippen LogP contribution in [-0.4, -0.2) is 24.2 Å². The number of nitrogens with zero attached hydrogens (tertiary/aromatic N) is 1. The van der Waals surface area contributed by atoms with Crippen LogP contribution in [0, 0.1) is 0 Å². The summed E-state index contributed by atoms with van der Waals surface area (Å²) < 4.78 is 5.98. The summed E-state index contributed by atoms with van der Waals surface area (Å²) in [5, 5.41) is 3.60. The summed E-state index contributed by atoms with van der Waals surface area (Å²) in [4.78, 5) is 4.19. The molecule has 1 aromatic rings. The Morgan fingerprint density at radius 1 is 1.59 bits per heavy atom. The quantitative estimate of drug-likeness (QED) is 0.869. The zero-order valence-electron chi connectivity index (χ0n) is 10.8. The molecular formula is C14H22N2O. The van der Waals surface area contributed by atoms with Crippen molar-refractivity contribution in [2.45, 2.75) is 44.8 Å². The summed E-state index contributed by atoms with van der Waals surface area (Å²) in [6.07, 6.45) is 7.04. The van der Waals surface area contributed by atoms with Gasteiger partial charge in [0.25, 0.3) is 0 Å². The van der Waals surface area contributed by atoms with Crippen molar-refractivity contribution >= 4 is 0 Å². The van der Waals surface area contributed by atoms with Crippen molar-refractivity contribution in [2.24, 2.45) is 0 Å². The Labute approximate surface area is 104 Å². The molecule has 1 aliphatic rings. The Kier molecular flexibility index (Phi) is 4.13. The van der Waals surface area contributed by atoms with E-state index in [-0.39, 0.29) is 5.60 Å². The molecule has 1 N–H and O–H groups in total. The monoisotopic (exact) mass is 234 g/mol. The number of nitrogens with one attached hydrogen (secondary N) is 1. The standard InChI is InChI=1S/C14H22N2O/c1-3-7-16-13-6-9-17-14(2,10-13)12-5-4-8-15-11-12/h4-5,8,11,13,16H,3,6-7,9-10H2,1-2H3. The fourth-order valence-corrected chi connectivity index (χ4v) is 2.46. The number of aromatic nitrogens is 1. The molecule has 3 heteroatoms. The van der Waals surface area contributed by atoms with E-state index in [2.05, 4.69) is 30.2 Å². The summed E-state index contributed by atoms with van der Waals surface area (Å²) in [6, 6.07) is 4.65. The molecule has 1 aliphatic heterocycles. The van der Waals surface area contributed by atoms with Gasteiger partial charge in [0.2, 0.25) is 0 Å². The first-order valence-corrected chi connectivity index (χ1v) is 6.52. The van der Waals surface area contributed by atoms with Crippen LogP contribution in [0.1, 0.15) is 38.7 Å². The van der Waals surface area contributed by atoms with Gasteiger partial charge in [-0.15, -0.1) is 0 Å². The van der Waals surface area contributed by atoms with Gasteiger partial charge in [-0.1, -0.05) is 13.0 Å². The third kappa shape index (κ3) is 3.05. The molecule has 0 amide bonds. The molecule has 0 spiro atoms. The van der Waals surface area contributed by atoms with Gasteiger partial charge in [-0.05, 0) is 38.8 Å². The van der Waals surface area contributed by atoms with Gasteiger partial charge >= 0.3 is 0 Å². The third-order valence-corrected chi connectivity index (χ3v) is 3.48. The van der Waals surface area contributed by atoms with Crippen LogP contribution in [0.25, 0.3) is 0 Å². The van der Waals surface area contributed by atoms with Crippen molar-refractivity contribution in [1.29, 1.82) is 0 Å². The Hall–Kier alpha value is -0.930. The van der Waals surface area contributed by atoms with E-state index in [1.165, 1.54) is 12.0 Å². The van der Waals surface area contributed by atoms with Crippen molar-refractivity contribution in [1.82, 2.24) is 10.3 Å². The summed E-state index contributed by atoms with van der Waals surface area (Å²) in [5.41, 5.74) is 1.00. The van der Waals surface area contributed by atoms with Crippen LogP contribution in [0.3, 0.4) is 0 Å². The van der Waals surface area contributed by atoms with Gasteiger partial charge in [-0.3, -0.25) is 4.98 Å². The van der Waals surface area contributed by atoms with E-state index in [1.807, 2.05) is 18.5 Å². The maximum absolute atomic E-state index is 5.98. The highest BCUT2D eigenvalue weighted by Gasteiger charge is 2.34. The Morgan fingerprint density at radius 3 is 3.18 bits per heavy atom. The molecule has 1 aromatic heterocycles. The lowest BCUT2D eigenvalue weighted by Crippen LogP contribution is -2.44. The average molecular weight is 234 g/mol. The van der Waals surface area contributed by atoms with Gasteiger partial charge in [0, 0.05) is 30.6 Å². The first-order chi connectivity index (χ1) is 8.24. The average Bonchev–Trinajstić information content (AvgIpc) is 2.38. The number of ether oxygens (including phenoxy) is 1. The molecule has 2 heterocycles. The summed E-state index contributed by atoms with van der Waals surface area (Å²) >= 11 is 0. The zero-order chi connectivity index (χ0) is 12.1. The van der Waals surface area contributed by atoms with Gasteiger partial charge in [-0.25, -0.2) is 0 Å². The molecular weight excluding hydrogens is 212 g/mol. The molecule has 2 rings (SSSR count). The maximum Gasteiger partial charge on any atom is 0.0932 e. The van der Waals surface area contributed by atoms with E-state index in [4.69, 9.17) is 4.74 Å². The smallest absolute Gasteiger partial charge is 0.0932 e. The minimum absolute atomic E-state index is 0.183. The maximum atomic E-state index is 5.98. The molecule has 3 nitrogen and oxygen atoms in total. The lowest BCUT2D eigenvalue weighted by atomic mass is 9.86. The van der Waals surface area contributed by atoms with Gasteiger partial charge in [0.1, 0.15) is 0 Å². The number of rotatable bonds is 4. The van der Waals surface area contributed by atoms with Crippen LogP contribution in [-0.2, 0) is 10.3 Å². The highest BCUT2D eigenvalue weighted by atomic mass is 16.5. The van der Waals surface area contributed by atoms with E-state index in [1.54, 1.807) is 0 Å². The van der Waals surface area contributed by atoms with Gasteiger partial charge in [-0.2, -0.15) is 0 Å². The van der Waals surface area contributed by atoms with Crippen LogP contribution in [0.2, 0.25) is 0 Å². The summed E-state index contributed by atoms with van der Waals surface area (Å²) in [7, 11) is 0. The lowest BCUT2D eigenvalue weighted by Gasteiger charge is -2.39. The van der Waals surface area contributed by atoms with E-state index in [0.717, 1.165) is 26.0 Å². The molecule has 94 valence electrons. The van der Waals surface area contributed by atoms with Gasteiger partial charge in [0.05, 0.1) is 5.60 Å².